The van der Waals surface area contributed by atoms with Gasteiger partial charge < -0.3 is 15.4 Å². The number of piperidine rings is 1. The summed E-state index contributed by atoms with van der Waals surface area (Å²) < 4.78 is 7.58. The summed E-state index contributed by atoms with van der Waals surface area (Å²) in [4.78, 5) is 40.7. The molecule has 168 valence electrons. The smallest absolute Gasteiger partial charge is 0.407 e. The summed E-state index contributed by atoms with van der Waals surface area (Å²) in [6.07, 6.45) is 2.89. The van der Waals surface area contributed by atoms with Gasteiger partial charge in [-0.3, -0.25) is 4.79 Å². The summed E-state index contributed by atoms with van der Waals surface area (Å²) in [5.74, 6) is -0.220. The Morgan fingerprint density at radius 2 is 1.72 bits per heavy atom. The molecule has 0 unspecified atom stereocenters. The summed E-state index contributed by atoms with van der Waals surface area (Å²) in [6.45, 7) is 5.48. The first-order valence-electron chi connectivity index (χ1n) is 9.97. The maximum absolute atomic E-state index is 12.0. The van der Waals surface area contributed by atoms with Gasteiger partial charge in [-0.1, -0.05) is 36.9 Å². The lowest BCUT2D eigenvalue weighted by atomic mass is 10.1. The van der Waals surface area contributed by atoms with Crippen LogP contribution < -0.4 is 10.6 Å². The number of hydrogen-bond acceptors (Lipinski definition) is 7. The van der Waals surface area contributed by atoms with Crippen molar-refractivity contribution < 1.29 is 23.9 Å². The van der Waals surface area contributed by atoms with Crippen LogP contribution in [0.15, 0.2) is 72.1 Å². The topological polar surface area (TPSA) is 105 Å². The first-order chi connectivity index (χ1) is 15.5. The van der Waals surface area contributed by atoms with Crippen molar-refractivity contribution >= 4 is 35.8 Å². The highest BCUT2D eigenvalue weighted by Crippen LogP contribution is 2.27. The number of anilines is 1. The van der Waals surface area contributed by atoms with Crippen LogP contribution in [-0.4, -0.2) is 41.6 Å². The molecule has 2 amide bonds. The fraction of sp³-hybridized carbons (Fsp3) is 0.261. The van der Waals surface area contributed by atoms with Crippen LogP contribution in [0.4, 0.5) is 10.5 Å². The molecule has 0 bridgehead atoms. The third kappa shape index (κ3) is 9.18. The molecule has 9 heteroatoms. The van der Waals surface area contributed by atoms with Gasteiger partial charge in [0, 0.05) is 29.7 Å². The molecular formula is C23H25N3O5S. The fourth-order valence-electron chi connectivity index (χ4n) is 2.96. The molecule has 0 saturated carbocycles. The van der Waals surface area contributed by atoms with Gasteiger partial charge in [-0.2, -0.15) is 9.59 Å². The van der Waals surface area contributed by atoms with Gasteiger partial charge in [0.05, 0.1) is 0 Å². The lowest BCUT2D eigenvalue weighted by Crippen LogP contribution is -2.42. The Labute approximate surface area is 191 Å². The molecule has 8 nitrogen and oxygen atoms in total. The summed E-state index contributed by atoms with van der Waals surface area (Å²) in [6, 6.07) is 17.5. The van der Waals surface area contributed by atoms with Crippen LogP contribution in [0.25, 0.3) is 0 Å². The van der Waals surface area contributed by atoms with Gasteiger partial charge in [0.15, 0.2) is 0 Å². The van der Waals surface area contributed by atoms with Crippen LogP contribution in [0.3, 0.4) is 0 Å². The summed E-state index contributed by atoms with van der Waals surface area (Å²) in [5.41, 5.74) is 1.72. The van der Waals surface area contributed by atoms with E-state index in [1.54, 1.807) is 11.9 Å². The van der Waals surface area contributed by atoms with Gasteiger partial charge in [-0.15, -0.1) is 0 Å². The summed E-state index contributed by atoms with van der Waals surface area (Å²) in [5, 5.41) is 5.69. The maximum Gasteiger partial charge on any atom is 0.407 e. The van der Waals surface area contributed by atoms with Crippen LogP contribution in [0.1, 0.15) is 18.4 Å². The van der Waals surface area contributed by atoms with Gasteiger partial charge >= 0.3 is 12.2 Å². The molecule has 32 heavy (non-hydrogen) atoms. The Morgan fingerprint density at radius 1 is 1.09 bits per heavy atom. The van der Waals surface area contributed by atoms with Crippen molar-refractivity contribution in [3.05, 3.63) is 72.8 Å². The average Bonchev–Trinajstić information content (AvgIpc) is 2.81. The van der Waals surface area contributed by atoms with E-state index in [1.807, 2.05) is 54.6 Å². The number of benzene rings is 2. The minimum Gasteiger partial charge on any atom is -0.445 e. The second kappa shape index (κ2) is 13.8. The van der Waals surface area contributed by atoms with Crippen molar-refractivity contribution in [3.63, 3.8) is 0 Å². The second-order valence-electron chi connectivity index (χ2n) is 6.80. The molecule has 2 N–H and O–H groups in total. The SMILES string of the molecule is C=CC(=O)Nc1ccc(SN2CCC(NC(=O)OCc3ccccc3)CC2)cc1.O=C=O. The highest BCUT2D eigenvalue weighted by Gasteiger charge is 2.21. The van der Waals surface area contributed by atoms with E-state index in [2.05, 4.69) is 21.5 Å². The standard InChI is InChI=1S/C22H25N3O3S.CO2/c1-2-21(26)23-18-8-10-20(11-9-18)29-25-14-12-19(13-15-25)24-22(27)28-16-17-6-4-3-5-7-17;2-1-3/h2-11,19H,1,12-16H2,(H,23,26)(H,24,27);. The number of amides is 2. The molecule has 2 aromatic carbocycles. The number of alkyl carbamates (subject to hydrolysis) is 1. The number of ether oxygens (including phenoxy) is 1. The Bertz CT molecular complexity index is 907. The molecule has 0 atom stereocenters. The molecule has 1 aliphatic rings. The molecule has 0 radical (unpaired) electrons. The van der Waals surface area contributed by atoms with E-state index in [-0.39, 0.29) is 30.8 Å². The first kappa shape index (κ1) is 24.9. The van der Waals surface area contributed by atoms with Gasteiger partial charge in [0.2, 0.25) is 5.91 Å². The molecule has 1 aliphatic heterocycles. The van der Waals surface area contributed by atoms with E-state index in [0.29, 0.717) is 0 Å². The lowest BCUT2D eigenvalue weighted by molar-refractivity contribution is -0.191. The predicted octanol–water partition coefficient (Wildman–Crippen LogP) is 3.63. The van der Waals surface area contributed by atoms with Crippen molar-refractivity contribution in [1.82, 2.24) is 9.62 Å². The molecule has 0 aromatic heterocycles. The van der Waals surface area contributed by atoms with Crippen LogP contribution >= 0.6 is 11.9 Å². The minimum absolute atomic E-state index is 0.131. The Balaban J connectivity index is 0.00000114. The zero-order valence-electron chi connectivity index (χ0n) is 17.5. The van der Waals surface area contributed by atoms with E-state index in [1.165, 1.54) is 6.08 Å². The second-order valence-corrected chi connectivity index (χ2v) is 7.97. The minimum atomic E-state index is -0.364. The third-order valence-corrected chi connectivity index (χ3v) is 5.64. The van der Waals surface area contributed by atoms with Crippen molar-refractivity contribution in [2.75, 3.05) is 18.4 Å². The molecule has 2 aromatic rings. The van der Waals surface area contributed by atoms with Crippen LogP contribution in [0, 0.1) is 0 Å². The molecule has 1 fully saturated rings. The maximum atomic E-state index is 12.0. The average molecular weight is 456 g/mol. The normalized spacial score (nSPS) is 13.6. The molecule has 1 saturated heterocycles. The molecule has 1 heterocycles. The quantitative estimate of drug-likeness (QED) is 0.485. The van der Waals surface area contributed by atoms with E-state index in [9.17, 15) is 9.59 Å². The Kier molecular flexibility index (Phi) is 10.7. The number of hydrogen-bond donors (Lipinski definition) is 2. The van der Waals surface area contributed by atoms with Crippen LogP contribution in [-0.2, 0) is 25.7 Å². The highest BCUT2D eigenvalue weighted by atomic mass is 32.2. The van der Waals surface area contributed by atoms with Gasteiger partial charge in [0.25, 0.3) is 0 Å². The van der Waals surface area contributed by atoms with E-state index in [0.717, 1.165) is 42.1 Å². The van der Waals surface area contributed by atoms with E-state index >= 15 is 0 Å². The Morgan fingerprint density at radius 3 is 2.31 bits per heavy atom. The monoisotopic (exact) mass is 455 g/mol. The molecule has 3 rings (SSSR count). The zero-order valence-corrected chi connectivity index (χ0v) is 18.3. The molecule has 0 spiro atoms. The van der Waals surface area contributed by atoms with E-state index in [4.69, 9.17) is 14.3 Å². The van der Waals surface area contributed by atoms with Crippen molar-refractivity contribution in [2.24, 2.45) is 0 Å². The number of carbonyl (C=O) groups is 2. The number of carbonyl (C=O) groups excluding carboxylic acids is 4. The molecular weight excluding hydrogens is 430 g/mol. The van der Waals surface area contributed by atoms with Gasteiger partial charge in [0.1, 0.15) is 6.61 Å². The lowest BCUT2D eigenvalue weighted by Gasteiger charge is -2.31. The largest absolute Gasteiger partial charge is 0.445 e. The van der Waals surface area contributed by atoms with Crippen molar-refractivity contribution in [1.29, 1.82) is 0 Å². The van der Waals surface area contributed by atoms with Gasteiger partial charge in [-0.05, 0) is 60.7 Å². The molecule has 0 aliphatic carbocycles. The van der Waals surface area contributed by atoms with Gasteiger partial charge in [-0.25, -0.2) is 9.10 Å². The summed E-state index contributed by atoms with van der Waals surface area (Å²) >= 11 is 1.68. The van der Waals surface area contributed by atoms with E-state index < -0.39 is 0 Å². The predicted molar refractivity (Wildman–Crippen MR) is 120 cm³/mol. The zero-order chi connectivity index (χ0) is 23.2. The third-order valence-electron chi connectivity index (χ3n) is 4.53. The van der Waals surface area contributed by atoms with Crippen molar-refractivity contribution in [3.8, 4) is 0 Å². The van der Waals surface area contributed by atoms with Crippen LogP contribution in [0.2, 0.25) is 0 Å². The highest BCUT2D eigenvalue weighted by molar-refractivity contribution is 7.97. The number of nitrogens with one attached hydrogen (secondary N) is 2. The first-order valence-corrected chi connectivity index (χ1v) is 10.7. The summed E-state index contributed by atoms with van der Waals surface area (Å²) in [7, 11) is 0. The fourth-order valence-corrected chi connectivity index (χ4v) is 3.91. The number of nitrogens with zero attached hydrogens (tertiary/aromatic N) is 1. The number of rotatable bonds is 7. The Hall–Kier alpha value is -3.39. The van der Waals surface area contributed by atoms with Crippen LogP contribution in [0.5, 0.6) is 0 Å². The van der Waals surface area contributed by atoms with Crippen molar-refractivity contribution in [2.45, 2.75) is 30.4 Å².